The van der Waals surface area contributed by atoms with Gasteiger partial charge in [0.05, 0.1) is 5.56 Å². The summed E-state index contributed by atoms with van der Waals surface area (Å²) in [5.41, 5.74) is 2.24. The molecule has 0 fully saturated rings. The van der Waals surface area contributed by atoms with Gasteiger partial charge in [0.15, 0.2) is 0 Å². The predicted octanol–water partition coefficient (Wildman–Crippen LogP) is 2.76. The summed E-state index contributed by atoms with van der Waals surface area (Å²) in [5, 5.41) is 7.63. The van der Waals surface area contributed by atoms with Crippen molar-refractivity contribution in [2.24, 2.45) is 5.92 Å². The van der Waals surface area contributed by atoms with E-state index < -0.39 is 0 Å². The lowest BCUT2D eigenvalue weighted by Crippen LogP contribution is -2.47. The maximum absolute atomic E-state index is 12.2. The molecule has 1 atom stereocenters. The fourth-order valence-electron chi connectivity index (χ4n) is 2.63. The molecule has 3 nitrogen and oxygen atoms in total. The Labute approximate surface area is 106 Å². The van der Waals surface area contributed by atoms with Gasteiger partial charge in [0, 0.05) is 4.88 Å². The highest BCUT2D eigenvalue weighted by Gasteiger charge is 2.32. The summed E-state index contributed by atoms with van der Waals surface area (Å²) >= 11 is 1.79. The molecule has 2 N–H and O–H groups in total. The zero-order chi connectivity index (χ0) is 12.0. The van der Waals surface area contributed by atoms with Crippen molar-refractivity contribution in [3.63, 3.8) is 0 Å². The molecule has 1 aliphatic heterocycles. The third kappa shape index (κ3) is 1.75. The molecular formula is C13H18N2OS. The molecule has 0 saturated heterocycles. The Balaban J connectivity index is 2.01. The highest BCUT2D eigenvalue weighted by Crippen LogP contribution is 2.40. The average molecular weight is 250 g/mol. The number of carbonyl (C=O) groups is 1. The summed E-state index contributed by atoms with van der Waals surface area (Å²) in [6, 6.07) is 0. The van der Waals surface area contributed by atoms with Crippen LogP contribution < -0.4 is 10.6 Å². The summed E-state index contributed by atoms with van der Waals surface area (Å²) in [6.07, 6.45) is 4.78. The quantitative estimate of drug-likeness (QED) is 0.804. The van der Waals surface area contributed by atoms with Crippen LogP contribution in [-0.4, -0.2) is 12.1 Å². The lowest BCUT2D eigenvalue weighted by Gasteiger charge is -2.29. The number of rotatable bonds is 1. The summed E-state index contributed by atoms with van der Waals surface area (Å²) in [7, 11) is 0. The lowest BCUT2D eigenvalue weighted by molar-refractivity contribution is 0.0925. The number of amides is 1. The minimum absolute atomic E-state index is 0.0788. The molecule has 0 saturated carbocycles. The predicted molar refractivity (Wildman–Crippen MR) is 70.7 cm³/mol. The van der Waals surface area contributed by atoms with Crippen molar-refractivity contribution in [3.05, 3.63) is 16.0 Å². The summed E-state index contributed by atoms with van der Waals surface area (Å²) < 4.78 is 0. The van der Waals surface area contributed by atoms with E-state index in [4.69, 9.17) is 0 Å². The van der Waals surface area contributed by atoms with Crippen LogP contribution in [0, 0.1) is 5.92 Å². The standard InChI is InChI=1S/C13H18N2OS/c1-7(2)11-14-12(16)10-8-5-3-4-6-9(8)17-13(10)15-11/h7,11,15H,3-6H2,1-2H3,(H,14,16). The Morgan fingerprint density at radius 1 is 1.24 bits per heavy atom. The number of carbonyl (C=O) groups excluding carboxylic acids is 1. The molecule has 1 aromatic heterocycles. The summed E-state index contributed by atoms with van der Waals surface area (Å²) in [6.45, 7) is 4.24. The summed E-state index contributed by atoms with van der Waals surface area (Å²) in [4.78, 5) is 13.6. The molecule has 1 unspecified atom stereocenters. The van der Waals surface area contributed by atoms with Crippen molar-refractivity contribution in [1.82, 2.24) is 5.32 Å². The van der Waals surface area contributed by atoms with Crippen LogP contribution in [0.2, 0.25) is 0 Å². The van der Waals surface area contributed by atoms with Gasteiger partial charge >= 0.3 is 0 Å². The van der Waals surface area contributed by atoms with Crippen LogP contribution in [0.25, 0.3) is 0 Å². The largest absolute Gasteiger partial charge is 0.356 e. The van der Waals surface area contributed by atoms with E-state index in [0.717, 1.165) is 23.4 Å². The van der Waals surface area contributed by atoms with E-state index in [0.29, 0.717) is 5.92 Å². The van der Waals surface area contributed by atoms with Crippen molar-refractivity contribution >= 4 is 22.2 Å². The van der Waals surface area contributed by atoms with Gasteiger partial charge in [0.2, 0.25) is 0 Å². The van der Waals surface area contributed by atoms with Crippen molar-refractivity contribution < 1.29 is 4.79 Å². The highest BCUT2D eigenvalue weighted by molar-refractivity contribution is 7.16. The monoisotopic (exact) mass is 250 g/mol. The smallest absolute Gasteiger partial charge is 0.256 e. The van der Waals surface area contributed by atoms with E-state index in [2.05, 4.69) is 24.5 Å². The number of hydrogen-bond acceptors (Lipinski definition) is 3. The van der Waals surface area contributed by atoms with E-state index in [-0.39, 0.29) is 12.1 Å². The topological polar surface area (TPSA) is 41.1 Å². The molecule has 0 radical (unpaired) electrons. The molecule has 2 aliphatic rings. The fraction of sp³-hybridized carbons (Fsp3) is 0.615. The van der Waals surface area contributed by atoms with Crippen molar-refractivity contribution in [2.45, 2.75) is 45.7 Å². The first-order valence-corrected chi connectivity index (χ1v) is 7.20. The maximum Gasteiger partial charge on any atom is 0.256 e. The summed E-state index contributed by atoms with van der Waals surface area (Å²) in [5.74, 6) is 0.531. The van der Waals surface area contributed by atoms with E-state index in [1.807, 2.05) is 0 Å². The van der Waals surface area contributed by atoms with Gasteiger partial charge in [0.1, 0.15) is 11.2 Å². The van der Waals surface area contributed by atoms with Gasteiger partial charge in [-0.2, -0.15) is 0 Å². The Morgan fingerprint density at radius 3 is 2.76 bits per heavy atom. The zero-order valence-corrected chi connectivity index (χ0v) is 11.1. The molecular weight excluding hydrogens is 232 g/mol. The molecule has 1 aliphatic carbocycles. The number of aryl methyl sites for hydroxylation is 1. The van der Waals surface area contributed by atoms with E-state index in [1.165, 1.54) is 23.3 Å². The van der Waals surface area contributed by atoms with Gasteiger partial charge in [-0.3, -0.25) is 4.79 Å². The number of anilines is 1. The van der Waals surface area contributed by atoms with E-state index in [1.54, 1.807) is 11.3 Å². The number of thiophene rings is 1. The normalized spacial score (nSPS) is 22.8. The third-order valence-corrected chi connectivity index (χ3v) is 4.86. The molecule has 0 spiro atoms. The number of hydrogen-bond donors (Lipinski definition) is 2. The van der Waals surface area contributed by atoms with E-state index in [9.17, 15) is 4.79 Å². The molecule has 1 aromatic rings. The Hall–Kier alpha value is -1.03. The first kappa shape index (κ1) is 11.1. The van der Waals surface area contributed by atoms with Crippen molar-refractivity contribution in [3.8, 4) is 0 Å². The van der Waals surface area contributed by atoms with Crippen LogP contribution in [0.5, 0.6) is 0 Å². The number of nitrogens with one attached hydrogen (secondary N) is 2. The molecule has 17 heavy (non-hydrogen) atoms. The average Bonchev–Trinajstić information content (AvgIpc) is 2.67. The SMILES string of the molecule is CC(C)C1NC(=O)c2c(sc3c2CCCC3)N1. The van der Waals surface area contributed by atoms with E-state index >= 15 is 0 Å². The zero-order valence-electron chi connectivity index (χ0n) is 10.3. The van der Waals surface area contributed by atoms with Gasteiger partial charge < -0.3 is 10.6 Å². The van der Waals surface area contributed by atoms with Gasteiger partial charge in [-0.15, -0.1) is 11.3 Å². The first-order chi connectivity index (χ1) is 8.16. The van der Waals surface area contributed by atoms with Gasteiger partial charge in [0.25, 0.3) is 5.91 Å². The molecule has 3 rings (SSSR count). The Kier molecular flexibility index (Phi) is 2.62. The lowest BCUT2D eigenvalue weighted by atomic mass is 9.94. The van der Waals surface area contributed by atoms with Crippen LogP contribution in [0.15, 0.2) is 0 Å². The molecule has 92 valence electrons. The first-order valence-electron chi connectivity index (χ1n) is 6.38. The second-order valence-electron chi connectivity index (χ2n) is 5.25. The minimum atomic E-state index is 0.0788. The van der Waals surface area contributed by atoms with Crippen LogP contribution >= 0.6 is 11.3 Å². The third-order valence-electron chi connectivity index (χ3n) is 3.64. The molecule has 0 bridgehead atoms. The van der Waals surface area contributed by atoms with Crippen LogP contribution in [0.3, 0.4) is 0 Å². The molecule has 0 aromatic carbocycles. The van der Waals surface area contributed by atoms with Gasteiger partial charge in [-0.25, -0.2) is 0 Å². The highest BCUT2D eigenvalue weighted by atomic mass is 32.1. The van der Waals surface area contributed by atoms with Crippen molar-refractivity contribution in [1.29, 1.82) is 0 Å². The van der Waals surface area contributed by atoms with Crippen LogP contribution in [0.4, 0.5) is 5.00 Å². The van der Waals surface area contributed by atoms with Crippen LogP contribution in [-0.2, 0) is 12.8 Å². The van der Waals surface area contributed by atoms with Crippen molar-refractivity contribution in [2.75, 3.05) is 5.32 Å². The van der Waals surface area contributed by atoms with Gasteiger partial charge in [-0.05, 0) is 37.2 Å². The molecule has 2 heterocycles. The fourth-order valence-corrected chi connectivity index (χ4v) is 3.96. The molecule has 4 heteroatoms. The second kappa shape index (κ2) is 4.02. The molecule has 1 amide bonds. The second-order valence-corrected chi connectivity index (χ2v) is 6.36. The Morgan fingerprint density at radius 2 is 2.00 bits per heavy atom. The Bertz CT molecular complexity index is 464. The van der Waals surface area contributed by atoms with Crippen LogP contribution in [0.1, 0.15) is 47.5 Å². The minimum Gasteiger partial charge on any atom is -0.356 e. The number of fused-ring (bicyclic) bond motifs is 3. The van der Waals surface area contributed by atoms with Gasteiger partial charge in [-0.1, -0.05) is 13.8 Å². The maximum atomic E-state index is 12.2.